The predicted octanol–water partition coefficient (Wildman–Crippen LogP) is 5.49. The minimum absolute atomic E-state index is 0.0830. The van der Waals surface area contributed by atoms with E-state index in [0.717, 1.165) is 41.1 Å². The molecule has 0 spiro atoms. The Morgan fingerprint density at radius 2 is 1.93 bits per heavy atom. The number of hydrogen-bond acceptors (Lipinski definition) is 3. The molecule has 7 heteroatoms. The van der Waals surface area contributed by atoms with Crippen molar-refractivity contribution in [3.05, 3.63) is 70.8 Å². The van der Waals surface area contributed by atoms with Crippen molar-refractivity contribution in [1.82, 2.24) is 5.43 Å². The Bertz CT molecular complexity index is 1020. The van der Waals surface area contributed by atoms with E-state index in [4.69, 9.17) is 0 Å². The van der Waals surface area contributed by atoms with Crippen LogP contribution in [0.4, 0.5) is 18.9 Å². The molecule has 0 aliphatic carbocycles. The third-order valence-corrected chi connectivity index (χ3v) is 5.15. The van der Waals surface area contributed by atoms with Crippen molar-refractivity contribution < 1.29 is 18.0 Å². The van der Waals surface area contributed by atoms with Gasteiger partial charge in [-0.1, -0.05) is 18.2 Å². The molecule has 0 atom stereocenters. The lowest BCUT2D eigenvalue weighted by Gasteiger charge is -2.42. The van der Waals surface area contributed by atoms with Crippen molar-refractivity contribution in [2.24, 2.45) is 5.10 Å². The molecule has 3 rings (SSSR count). The van der Waals surface area contributed by atoms with Crippen molar-refractivity contribution in [2.45, 2.75) is 39.4 Å². The summed E-state index contributed by atoms with van der Waals surface area (Å²) >= 11 is 0. The summed E-state index contributed by atoms with van der Waals surface area (Å²) in [4.78, 5) is 14.5. The highest BCUT2D eigenvalue weighted by atomic mass is 19.4. The molecule has 0 radical (unpaired) electrons. The van der Waals surface area contributed by atoms with Gasteiger partial charge in [0.1, 0.15) is 0 Å². The Labute approximate surface area is 174 Å². The fraction of sp³-hybridized carbons (Fsp3) is 0.304. The van der Waals surface area contributed by atoms with Crippen LogP contribution in [0.2, 0.25) is 0 Å². The number of allylic oxidation sites excluding steroid dienone is 1. The van der Waals surface area contributed by atoms with Crippen molar-refractivity contribution in [3.8, 4) is 0 Å². The molecular formula is C23H24F3N3O. The molecule has 0 saturated carbocycles. The summed E-state index contributed by atoms with van der Waals surface area (Å²) in [7, 11) is 0. The first-order valence-corrected chi connectivity index (χ1v) is 9.65. The van der Waals surface area contributed by atoms with Gasteiger partial charge in [0.05, 0.1) is 17.3 Å². The molecule has 4 nitrogen and oxygen atoms in total. The third kappa shape index (κ3) is 4.40. The topological polar surface area (TPSA) is 44.7 Å². The number of likely N-dealkylation sites (N-methyl/N-ethyl adjacent to an activating group) is 1. The van der Waals surface area contributed by atoms with Gasteiger partial charge in [-0.3, -0.25) is 4.79 Å². The van der Waals surface area contributed by atoms with E-state index in [1.165, 1.54) is 18.3 Å². The number of hydrogen-bond donors (Lipinski definition) is 1. The smallest absolute Gasteiger partial charge is 0.363 e. The van der Waals surface area contributed by atoms with Crippen LogP contribution in [0.25, 0.3) is 5.57 Å². The van der Waals surface area contributed by atoms with Gasteiger partial charge in [0, 0.05) is 23.4 Å². The molecule has 0 unspecified atom stereocenters. The highest BCUT2D eigenvalue weighted by Gasteiger charge is 2.31. The van der Waals surface area contributed by atoms with E-state index in [2.05, 4.69) is 49.2 Å². The molecular weight excluding hydrogens is 391 g/mol. The highest BCUT2D eigenvalue weighted by Crippen LogP contribution is 2.38. The lowest BCUT2D eigenvalue weighted by molar-refractivity contribution is -0.137. The zero-order chi connectivity index (χ0) is 22.1. The van der Waals surface area contributed by atoms with E-state index in [-0.39, 0.29) is 11.1 Å². The SMILES string of the molecule is CCN1c2ccc(/C=N\NC(=O)c3cccc(C(F)(F)F)c3)cc2C(C)=CC1(C)C. The minimum Gasteiger partial charge on any atom is -0.363 e. The third-order valence-electron chi connectivity index (χ3n) is 5.15. The van der Waals surface area contributed by atoms with Crippen LogP contribution in [0.5, 0.6) is 0 Å². The average molecular weight is 415 g/mol. The second-order valence-corrected chi connectivity index (χ2v) is 7.78. The number of carbonyl (C=O) groups excluding carboxylic acids is 1. The molecule has 1 heterocycles. The highest BCUT2D eigenvalue weighted by molar-refractivity contribution is 5.95. The van der Waals surface area contributed by atoms with Crippen LogP contribution in [0.1, 0.15) is 54.7 Å². The van der Waals surface area contributed by atoms with E-state index < -0.39 is 17.6 Å². The van der Waals surface area contributed by atoms with Crippen molar-refractivity contribution in [3.63, 3.8) is 0 Å². The summed E-state index contributed by atoms with van der Waals surface area (Å²) in [5.41, 5.74) is 5.38. The molecule has 30 heavy (non-hydrogen) atoms. The van der Waals surface area contributed by atoms with Crippen LogP contribution >= 0.6 is 0 Å². The maximum absolute atomic E-state index is 12.8. The number of fused-ring (bicyclic) bond motifs is 1. The first kappa shape index (κ1) is 21.6. The zero-order valence-corrected chi connectivity index (χ0v) is 17.3. The lowest BCUT2D eigenvalue weighted by atomic mass is 9.88. The Balaban J connectivity index is 1.77. The number of rotatable bonds is 4. The van der Waals surface area contributed by atoms with Gasteiger partial charge in [-0.15, -0.1) is 0 Å². The molecule has 158 valence electrons. The number of carbonyl (C=O) groups is 1. The van der Waals surface area contributed by atoms with Crippen molar-refractivity contribution in [2.75, 3.05) is 11.4 Å². The summed E-state index contributed by atoms with van der Waals surface area (Å²) in [6.45, 7) is 9.37. The first-order valence-electron chi connectivity index (χ1n) is 9.65. The van der Waals surface area contributed by atoms with E-state index in [9.17, 15) is 18.0 Å². The Kier molecular flexibility index (Phi) is 5.74. The molecule has 0 aromatic heterocycles. The van der Waals surface area contributed by atoms with Crippen LogP contribution < -0.4 is 10.3 Å². The van der Waals surface area contributed by atoms with Crippen LogP contribution in [0, 0.1) is 0 Å². The van der Waals surface area contributed by atoms with Gasteiger partial charge < -0.3 is 4.90 Å². The number of amides is 1. The van der Waals surface area contributed by atoms with E-state index in [0.29, 0.717) is 0 Å². The van der Waals surface area contributed by atoms with Gasteiger partial charge in [0.15, 0.2) is 0 Å². The zero-order valence-electron chi connectivity index (χ0n) is 17.3. The van der Waals surface area contributed by atoms with Crippen LogP contribution in [0.15, 0.2) is 53.6 Å². The van der Waals surface area contributed by atoms with Gasteiger partial charge in [0.2, 0.25) is 0 Å². The molecule has 1 N–H and O–H groups in total. The molecule has 1 amide bonds. The lowest BCUT2D eigenvalue weighted by Crippen LogP contribution is -2.44. The van der Waals surface area contributed by atoms with Gasteiger partial charge in [-0.05, 0) is 69.2 Å². The van der Waals surface area contributed by atoms with Gasteiger partial charge in [-0.25, -0.2) is 5.43 Å². The summed E-state index contributed by atoms with van der Waals surface area (Å²) < 4.78 is 38.4. The number of benzene rings is 2. The molecule has 1 aliphatic heterocycles. The number of alkyl halides is 3. The number of halogens is 3. The largest absolute Gasteiger partial charge is 0.416 e. The summed E-state index contributed by atoms with van der Waals surface area (Å²) in [6.07, 6.45) is -0.806. The maximum Gasteiger partial charge on any atom is 0.416 e. The monoisotopic (exact) mass is 415 g/mol. The molecule has 0 bridgehead atoms. The minimum atomic E-state index is -4.50. The molecule has 2 aromatic rings. The standard InChI is InChI=1S/C23H24F3N3O/c1-5-29-20-10-9-16(11-19(20)15(2)13-22(29,3)4)14-27-28-21(30)17-7-6-8-18(12-17)23(24,25)26/h6-14H,5H2,1-4H3,(H,28,30)/b27-14-. The maximum atomic E-state index is 12.8. The van der Waals surface area contributed by atoms with Crippen molar-refractivity contribution in [1.29, 1.82) is 0 Å². The Morgan fingerprint density at radius 1 is 1.20 bits per heavy atom. The summed E-state index contributed by atoms with van der Waals surface area (Å²) in [5.74, 6) is -0.703. The fourth-order valence-electron chi connectivity index (χ4n) is 3.83. The van der Waals surface area contributed by atoms with Crippen LogP contribution in [0.3, 0.4) is 0 Å². The van der Waals surface area contributed by atoms with Gasteiger partial charge in [0.25, 0.3) is 5.91 Å². The Morgan fingerprint density at radius 3 is 2.60 bits per heavy atom. The molecule has 0 fully saturated rings. The second-order valence-electron chi connectivity index (χ2n) is 7.78. The summed E-state index contributed by atoms with van der Waals surface area (Å²) in [5, 5.41) is 3.91. The average Bonchev–Trinajstić information content (AvgIpc) is 2.67. The van der Waals surface area contributed by atoms with Crippen molar-refractivity contribution >= 4 is 23.4 Å². The molecule has 2 aromatic carbocycles. The number of nitrogens with zero attached hydrogens (tertiary/aromatic N) is 2. The summed E-state index contributed by atoms with van der Waals surface area (Å²) in [6, 6.07) is 10.1. The number of hydrazone groups is 1. The van der Waals surface area contributed by atoms with Crippen LogP contribution in [-0.2, 0) is 6.18 Å². The van der Waals surface area contributed by atoms with Crippen LogP contribution in [-0.4, -0.2) is 24.2 Å². The molecule has 1 aliphatic rings. The van der Waals surface area contributed by atoms with Gasteiger partial charge in [-0.2, -0.15) is 18.3 Å². The number of anilines is 1. The normalized spacial score (nSPS) is 15.7. The van der Waals surface area contributed by atoms with E-state index in [1.807, 2.05) is 18.2 Å². The molecule has 0 saturated heterocycles. The number of nitrogens with one attached hydrogen (secondary N) is 1. The fourth-order valence-corrected chi connectivity index (χ4v) is 3.83. The predicted molar refractivity (Wildman–Crippen MR) is 114 cm³/mol. The van der Waals surface area contributed by atoms with E-state index in [1.54, 1.807) is 0 Å². The van der Waals surface area contributed by atoms with E-state index >= 15 is 0 Å². The first-order chi connectivity index (χ1) is 14.0. The van der Waals surface area contributed by atoms with Gasteiger partial charge >= 0.3 is 6.18 Å². The second kappa shape index (κ2) is 7.97. The quantitative estimate of drug-likeness (QED) is 0.530. The Hall–Kier alpha value is -3.09.